The molecule has 21 heavy (non-hydrogen) atoms. The van der Waals surface area contributed by atoms with Crippen molar-refractivity contribution in [3.63, 3.8) is 0 Å². The number of nitrogens with one attached hydrogen (secondary N) is 1. The SMILES string of the molecule is CCNC1CC(C)(C)Cc2nc(C3(OC)CCC3)ncc21. The van der Waals surface area contributed by atoms with Crippen molar-refractivity contribution >= 4 is 0 Å². The molecule has 1 saturated carbocycles. The normalized spacial score (nSPS) is 26.0. The molecule has 1 fully saturated rings. The van der Waals surface area contributed by atoms with E-state index in [-0.39, 0.29) is 11.0 Å². The highest BCUT2D eigenvalue weighted by atomic mass is 16.5. The van der Waals surface area contributed by atoms with Crippen molar-refractivity contribution in [2.75, 3.05) is 13.7 Å². The summed E-state index contributed by atoms with van der Waals surface area (Å²) in [6.07, 6.45) is 7.51. The number of rotatable bonds is 4. The molecule has 4 heteroatoms. The average molecular weight is 289 g/mol. The molecule has 3 rings (SSSR count). The van der Waals surface area contributed by atoms with Gasteiger partial charge in [0, 0.05) is 30.6 Å². The smallest absolute Gasteiger partial charge is 0.160 e. The zero-order chi connectivity index (χ0) is 15.1. The van der Waals surface area contributed by atoms with E-state index in [0.29, 0.717) is 6.04 Å². The van der Waals surface area contributed by atoms with Crippen molar-refractivity contribution in [2.24, 2.45) is 5.41 Å². The van der Waals surface area contributed by atoms with Gasteiger partial charge < -0.3 is 10.1 Å². The third-order valence-corrected chi connectivity index (χ3v) is 5.09. The van der Waals surface area contributed by atoms with Gasteiger partial charge in [-0.2, -0.15) is 0 Å². The number of nitrogens with zero attached hydrogens (tertiary/aromatic N) is 2. The minimum atomic E-state index is -0.218. The van der Waals surface area contributed by atoms with Crippen LogP contribution in [-0.4, -0.2) is 23.6 Å². The van der Waals surface area contributed by atoms with Crippen LogP contribution >= 0.6 is 0 Å². The van der Waals surface area contributed by atoms with Gasteiger partial charge in [0.2, 0.25) is 0 Å². The minimum absolute atomic E-state index is 0.218. The lowest BCUT2D eigenvalue weighted by atomic mass is 9.73. The Morgan fingerprint density at radius 3 is 2.71 bits per heavy atom. The Balaban J connectivity index is 1.97. The summed E-state index contributed by atoms with van der Waals surface area (Å²) in [5, 5.41) is 3.59. The molecule has 1 aromatic rings. The fourth-order valence-corrected chi connectivity index (χ4v) is 3.71. The molecule has 0 aliphatic heterocycles. The second-order valence-corrected chi connectivity index (χ2v) is 7.30. The molecule has 0 aromatic carbocycles. The standard InChI is InChI=1S/C17H27N3O/c1-5-18-13-9-16(2,3)10-14-12(13)11-19-15(20-14)17(21-4)7-6-8-17/h11,13,18H,5-10H2,1-4H3. The van der Waals surface area contributed by atoms with Crippen LogP contribution in [0.3, 0.4) is 0 Å². The van der Waals surface area contributed by atoms with Crippen molar-refractivity contribution in [1.82, 2.24) is 15.3 Å². The first-order chi connectivity index (χ1) is 10.00. The Morgan fingerprint density at radius 2 is 2.14 bits per heavy atom. The molecule has 1 heterocycles. The molecular formula is C17H27N3O. The highest BCUT2D eigenvalue weighted by molar-refractivity contribution is 5.28. The van der Waals surface area contributed by atoms with Crippen LogP contribution in [0.4, 0.5) is 0 Å². The Morgan fingerprint density at radius 1 is 1.38 bits per heavy atom. The second-order valence-electron chi connectivity index (χ2n) is 7.30. The summed E-state index contributed by atoms with van der Waals surface area (Å²) < 4.78 is 5.74. The third-order valence-electron chi connectivity index (χ3n) is 5.09. The maximum atomic E-state index is 5.74. The first-order valence-corrected chi connectivity index (χ1v) is 8.14. The molecule has 0 radical (unpaired) electrons. The molecule has 2 aliphatic carbocycles. The fourth-order valence-electron chi connectivity index (χ4n) is 3.71. The summed E-state index contributed by atoms with van der Waals surface area (Å²) in [6.45, 7) is 7.80. The zero-order valence-electron chi connectivity index (χ0n) is 13.7. The van der Waals surface area contributed by atoms with Gasteiger partial charge >= 0.3 is 0 Å². The lowest BCUT2D eigenvalue weighted by Gasteiger charge is -2.41. The molecule has 0 spiro atoms. The van der Waals surface area contributed by atoms with Gasteiger partial charge in [-0.3, -0.25) is 0 Å². The van der Waals surface area contributed by atoms with Crippen molar-refractivity contribution in [3.8, 4) is 0 Å². The minimum Gasteiger partial charge on any atom is -0.370 e. The van der Waals surface area contributed by atoms with Gasteiger partial charge in [0.15, 0.2) is 5.82 Å². The number of hydrogen-bond donors (Lipinski definition) is 1. The van der Waals surface area contributed by atoms with Crippen LogP contribution in [0.2, 0.25) is 0 Å². The highest BCUT2D eigenvalue weighted by Gasteiger charge is 2.43. The van der Waals surface area contributed by atoms with Crippen molar-refractivity contribution in [2.45, 2.75) is 64.5 Å². The van der Waals surface area contributed by atoms with E-state index in [0.717, 1.165) is 38.1 Å². The van der Waals surface area contributed by atoms with Gasteiger partial charge in [0.1, 0.15) is 5.60 Å². The maximum Gasteiger partial charge on any atom is 0.160 e. The second kappa shape index (κ2) is 5.33. The molecule has 116 valence electrons. The van der Waals surface area contributed by atoms with Crippen molar-refractivity contribution in [1.29, 1.82) is 0 Å². The molecular weight excluding hydrogens is 262 g/mol. The summed E-state index contributed by atoms with van der Waals surface area (Å²) in [5.74, 6) is 0.892. The largest absolute Gasteiger partial charge is 0.370 e. The molecule has 0 amide bonds. The van der Waals surface area contributed by atoms with E-state index in [4.69, 9.17) is 9.72 Å². The Labute approximate surface area is 127 Å². The van der Waals surface area contributed by atoms with Crippen LogP contribution in [0.15, 0.2) is 6.20 Å². The zero-order valence-corrected chi connectivity index (χ0v) is 13.7. The van der Waals surface area contributed by atoms with E-state index >= 15 is 0 Å². The van der Waals surface area contributed by atoms with Crippen molar-refractivity contribution in [3.05, 3.63) is 23.3 Å². The Bertz CT molecular complexity index is 517. The molecule has 1 aromatic heterocycles. The first kappa shape index (κ1) is 14.9. The highest BCUT2D eigenvalue weighted by Crippen LogP contribution is 2.44. The topological polar surface area (TPSA) is 47.0 Å². The van der Waals surface area contributed by atoms with Crippen LogP contribution in [0, 0.1) is 5.41 Å². The summed E-state index contributed by atoms with van der Waals surface area (Å²) in [7, 11) is 1.79. The summed E-state index contributed by atoms with van der Waals surface area (Å²) in [6, 6.07) is 0.377. The van der Waals surface area contributed by atoms with E-state index in [1.165, 1.54) is 17.7 Å². The quantitative estimate of drug-likeness (QED) is 0.925. The maximum absolute atomic E-state index is 5.74. The fraction of sp³-hybridized carbons (Fsp3) is 0.765. The van der Waals surface area contributed by atoms with E-state index in [1.54, 1.807) is 7.11 Å². The van der Waals surface area contributed by atoms with Crippen LogP contribution in [0.25, 0.3) is 0 Å². The summed E-state index contributed by atoms with van der Waals surface area (Å²) in [5.41, 5.74) is 2.56. The molecule has 1 N–H and O–H groups in total. The van der Waals surface area contributed by atoms with Crippen LogP contribution in [0.5, 0.6) is 0 Å². The van der Waals surface area contributed by atoms with Crippen LogP contribution in [-0.2, 0) is 16.8 Å². The van der Waals surface area contributed by atoms with Crippen molar-refractivity contribution < 1.29 is 4.74 Å². The van der Waals surface area contributed by atoms with E-state index < -0.39 is 0 Å². The Hall–Kier alpha value is -1.00. The number of hydrogen-bond acceptors (Lipinski definition) is 4. The molecule has 0 saturated heterocycles. The molecule has 2 aliphatic rings. The molecule has 4 nitrogen and oxygen atoms in total. The number of aromatic nitrogens is 2. The predicted octanol–water partition coefficient (Wildman–Crippen LogP) is 3.13. The average Bonchev–Trinajstić information content (AvgIpc) is 2.36. The van der Waals surface area contributed by atoms with Gasteiger partial charge in [-0.25, -0.2) is 9.97 Å². The van der Waals surface area contributed by atoms with E-state index in [1.807, 2.05) is 6.20 Å². The van der Waals surface area contributed by atoms with Gasteiger partial charge in [-0.15, -0.1) is 0 Å². The summed E-state index contributed by atoms with van der Waals surface area (Å²) in [4.78, 5) is 9.59. The van der Waals surface area contributed by atoms with Gasteiger partial charge in [-0.1, -0.05) is 20.8 Å². The predicted molar refractivity (Wildman–Crippen MR) is 83.1 cm³/mol. The lowest BCUT2D eigenvalue weighted by Crippen LogP contribution is -2.40. The number of fused-ring (bicyclic) bond motifs is 1. The molecule has 0 bridgehead atoms. The number of ether oxygens (including phenoxy) is 1. The first-order valence-electron chi connectivity index (χ1n) is 8.14. The van der Waals surface area contributed by atoms with Gasteiger partial charge in [0.25, 0.3) is 0 Å². The third kappa shape index (κ3) is 2.59. The number of methoxy groups -OCH3 is 1. The van der Waals surface area contributed by atoms with Gasteiger partial charge in [0.05, 0.1) is 0 Å². The molecule has 1 unspecified atom stereocenters. The Kier molecular flexibility index (Phi) is 3.78. The van der Waals surface area contributed by atoms with Crippen LogP contribution < -0.4 is 5.32 Å². The van der Waals surface area contributed by atoms with Gasteiger partial charge in [-0.05, 0) is 44.1 Å². The van der Waals surface area contributed by atoms with E-state index in [2.05, 4.69) is 31.1 Å². The monoisotopic (exact) mass is 289 g/mol. The van der Waals surface area contributed by atoms with E-state index in [9.17, 15) is 0 Å². The summed E-state index contributed by atoms with van der Waals surface area (Å²) >= 11 is 0. The van der Waals surface area contributed by atoms with Crippen LogP contribution in [0.1, 0.15) is 69.6 Å². The molecule has 1 atom stereocenters. The lowest BCUT2D eigenvalue weighted by molar-refractivity contribution is -0.0849.